The number of nitriles is 1. The van der Waals surface area contributed by atoms with E-state index in [0.29, 0.717) is 0 Å². The van der Waals surface area contributed by atoms with Gasteiger partial charge >= 0.3 is 0 Å². The molecule has 0 saturated heterocycles. The van der Waals surface area contributed by atoms with E-state index in [-0.39, 0.29) is 12.0 Å². The zero-order valence-electron chi connectivity index (χ0n) is 7.17. The van der Waals surface area contributed by atoms with E-state index < -0.39 is 23.4 Å². The number of phenols is 1. The number of nitrogens with zero attached hydrogens (tertiary/aromatic N) is 1. The maximum absolute atomic E-state index is 12.8. The van der Waals surface area contributed by atoms with Gasteiger partial charge in [-0.2, -0.15) is 5.26 Å². The molecular weight excluding hydrogens is 190 g/mol. The highest BCUT2D eigenvalue weighted by molar-refractivity contribution is 5.31. The van der Waals surface area contributed by atoms with Crippen LogP contribution in [0.25, 0.3) is 0 Å². The van der Waals surface area contributed by atoms with Gasteiger partial charge in [0.1, 0.15) is 0 Å². The molecule has 1 aromatic rings. The van der Waals surface area contributed by atoms with Gasteiger partial charge in [-0.15, -0.1) is 0 Å². The average Bonchev–Trinajstić information content (AvgIpc) is 2.13. The first kappa shape index (κ1) is 10.4. The molecule has 0 unspecified atom stereocenters. The fourth-order valence-electron chi connectivity index (χ4n) is 1.02. The average molecular weight is 198 g/mol. The summed E-state index contributed by atoms with van der Waals surface area (Å²) in [5, 5.41) is 17.1. The molecule has 1 atom stereocenters. The molecule has 1 aromatic carbocycles. The number of rotatable bonds is 2. The number of phenolic OH excluding ortho intramolecular Hbond substituents is 1. The zero-order chi connectivity index (χ0) is 10.7. The van der Waals surface area contributed by atoms with Crippen LogP contribution in [0.2, 0.25) is 0 Å². The monoisotopic (exact) mass is 198 g/mol. The number of hydrogen-bond donors (Lipinski definition) is 2. The van der Waals surface area contributed by atoms with Crippen LogP contribution in [0.4, 0.5) is 8.78 Å². The molecule has 3 nitrogen and oxygen atoms in total. The molecule has 0 aliphatic carbocycles. The molecule has 0 amide bonds. The number of halogens is 2. The van der Waals surface area contributed by atoms with Gasteiger partial charge in [0.15, 0.2) is 17.4 Å². The molecule has 0 aliphatic rings. The largest absolute Gasteiger partial charge is 0.503 e. The summed E-state index contributed by atoms with van der Waals surface area (Å²) in [5.41, 5.74) is 5.61. The summed E-state index contributed by atoms with van der Waals surface area (Å²) >= 11 is 0. The van der Waals surface area contributed by atoms with Crippen LogP contribution < -0.4 is 5.73 Å². The quantitative estimate of drug-likeness (QED) is 0.757. The van der Waals surface area contributed by atoms with E-state index >= 15 is 0 Å². The lowest BCUT2D eigenvalue weighted by Crippen LogP contribution is -2.10. The summed E-state index contributed by atoms with van der Waals surface area (Å²) < 4.78 is 25.6. The second-order valence-electron chi connectivity index (χ2n) is 2.80. The highest BCUT2D eigenvalue weighted by Crippen LogP contribution is 2.24. The second-order valence-corrected chi connectivity index (χ2v) is 2.80. The Labute approximate surface area is 79.4 Å². The highest BCUT2D eigenvalue weighted by Gasteiger charge is 2.13. The summed E-state index contributed by atoms with van der Waals surface area (Å²) in [5.74, 6) is -3.18. The van der Waals surface area contributed by atoms with Crippen LogP contribution in [0.1, 0.15) is 18.0 Å². The molecule has 0 bridgehead atoms. The van der Waals surface area contributed by atoms with Crippen LogP contribution in [0, 0.1) is 23.0 Å². The lowest BCUT2D eigenvalue weighted by atomic mass is 10.0. The number of aromatic hydroxyl groups is 1. The molecule has 0 aromatic heterocycles. The van der Waals surface area contributed by atoms with Gasteiger partial charge < -0.3 is 10.8 Å². The van der Waals surface area contributed by atoms with E-state index in [4.69, 9.17) is 16.1 Å². The summed E-state index contributed by atoms with van der Waals surface area (Å²) in [6.07, 6.45) is -0.0380. The Hall–Kier alpha value is -1.67. The van der Waals surface area contributed by atoms with Crippen LogP contribution in [0.5, 0.6) is 5.75 Å². The first-order chi connectivity index (χ1) is 6.56. The Morgan fingerprint density at radius 2 is 1.93 bits per heavy atom. The molecule has 0 fully saturated rings. The Balaban J connectivity index is 3.07. The summed E-state index contributed by atoms with van der Waals surface area (Å²) in [6.45, 7) is 0. The fourth-order valence-corrected chi connectivity index (χ4v) is 1.02. The molecule has 0 aliphatic heterocycles. The summed E-state index contributed by atoms with van der Waals surface area (Å²) in [4.78, 5) is 0. The van der Waals surface area contributed by atoms with Crippen LogP contribution in [0.15, 0.2) is 12.1 Å². The molecule has 5 heteroatoms. The smallest absolute Gasteiger partial charge is 0.187 e. The SMILES string of the molecule is N#CC[C@@H](N)c1cc(F)c(O)c(F)c1. The molecule has 14 heavy (non-hydrogen) atoms. The van der Waals surface area contributed by atoms with Crippen molar-refractivity contribution >= 4 is 0 Å². The van der Waals surface area contributed by atoms with Crippen molar-refractivity contribution in [2.24, 2.45) is 5.73 Å². The van der Waals surface area contributed by atoms with Crippen molar-refractivity contribution in [3.05, 3.63) is 29.3 Å². The summed E-state index contributed by atoms with van der Waals surface area (Å²) in [7, 11) is 0. The molecule has 0 heterocycles. The third-order valence-corrected chi connectivity index (χ3v) is 1.78. The number of hydrogen-bond acceptors (Lipinski definition) is 3. The topological polar surface area (TPSA) is 70.0 Å². The third kappa shape index (κ3) is 1.98. The fraction of sp³-hybridized carbons (Fsp3) is 0.222. The first-order valence-corrected chi connectivity index (χ1v) is 3.86. The lowest BCUT2D eigenvalue weighted by molar-refractivity contribution is 0.394. The van der Waals surface area contributed by atoms with E-state index in [1.54, 1.807) is 6.07 Å². The molecule has 3 N–H and O–H groups in total. The standard InChI is InChI=1S/C9H8F2N2O/c10-6-3-5(8(13)1-2-12)4-7(11)9(6)14/h3-4,8,14H,1,13H2/t8-/m1/s1. The van der Waals surface area contributed by atoms with Crippen molar-refractivity contribution < 1.29 is 13.9 Å². The van der Waals surface area contributed by atoms with Gasteiger partial charge in [0.05, 0.1) is 12.5 Å². The molecule has 0 radical (unpaired) electrons. The van der Waals surface area contributed by atoms with Crippen molar-refractivity contribution in [3.63, 3.8) is 0 Å². The first-order valence-electron chi connectivity index (χ1n) is 3.86. The Morgan fingerprint density at radius 3 is 2.36 bits per heavy atom. The molecule has 1 rings (SSSR count). The zero-order valence-corrected chi connectivity index (χ0v) is 7.17. The van der Waals surface area contributed by atoms with Gasteiger partial charge in [0.25, 0.3) is 0 Å². The molecule has 0 spiro atoms. The van der Waals surface area contributed by atoms with Crippen molar-refractivity contribution in [3.8, 4) is 11.8 Å². The van der Waals surface area contributed by atoms with Crippen molar-refractivity contribution in [2.75, 3.05) is 0 Å². The lowest BCUT2D eigenvalue weighted by Gasteiger charge is -2.08. The Bertz CT molecular complexity index is 364. The summed E-state index contributed by atoms with van der Waals surface area (Å²) in [6, 6.07) is 2.88. The highest BCUT2D eigenvalue weighted by atomic mass is 19.1. The number of nitrogens with two attached hydrogens (primary N) is 1. The van der Waals surface area contributed by atoms with Crippen molar-refractivity contribution in [1.29, 1.82) is 5.26 Å². The van der Waals surface area contributed by atoms with E-state index in [9.17, 15) is 8.78 Å². The van der Waals surface area contributed by atoms with Gasteiger partial charge in [-0.1, -0.05) is 0 Å². The Morgan fingerprint density at radius 1 is 1.43 bits per heavy atom. The van der Waals surface area contributed by atoms with E-state index in [0.717, 1.165) is 12.1 Å². The van der Waals surface area contributed by atoms with Gasteiger partial charge in [-0.25, -0.2) is 8.78 Å². The van der Waals surface area contributed by atoms with Crippen molar-refractivity contribution in [2.45, 2.75) is 12.5 Å². The normalized spacial score (nSPS) is 12.1. The Kier molecular flexibility index (Phi) is 2.99. The van der Waals surface area contributed by atoms with Gasteiger partial charge in [-0.3, -0.25) is 0 Å². The van der Waals surface area contributed by atoms with E-state index in [1.165, 1.54) is 0 Å². The van der Waals surface area contributed by atoms with E-state index in [2.05, 4.69) is 0 Å². The van der Waals surface area contributed by atoms with Crippen molar-refractivity contribution in [1.82, 2.24) is 0 Å². The minimum Gasteiger partial charge on any atom is -0.503 e. The van der Waals surface area contributed by atoms with Gasteiger partial charge in [-0.05, 0) is 17.7 Å². The maximum atomic E-state index is 12.8. The minimum atomic E-state index is -1.08. The third-order valence-electron chi connectivity index (χ3n) is 1.78. The van der Waals surface area contributed by atoms with Crippen LogP contribution in [0.3, 0.4) is 0 Å². The predicted octanol–water partition coefficient (Wildman–Crippen LogP) is 1.58. The molecule has 0 saturated carbocycles. The van der Waals surface area contributed by atoms with Crippen LogP contribution in [-0.2, 0) is 0 Å². The van der Waals surface area contributed by atoms with Gasteiger partial charge in [0, 0.05) is 6.04 Å². The van der Waals surface area contributed by atoms with Crippen LogP contribution in [-0.4, -0.2) is 5.11 Å². The number of benzene rings is 1. The minimum absolute atomic E-state index is 0.0380. The predicted molar refractivity (Wildman–Crippen MR) is 45.2 cm³/mol. The molecule has 74 valence electrons. The van der Waals surface area contributed by atoms with E-state index in [1.807, 2.05) is 0 Å². The van der Waals surface area contributed by atoms with Gasteiger partial charge in [0.2, 0.25) is 0 Å². The maximum Gasteiger partial charge on any atom is 0.187 e. The second kappa shape index (κ2) is 4.03. The van der Waals surface area contributed by atoms with Crippen LogP contribution >= 0.6 is 0 Å². The molecular formula is C9H8F2N2O.